The summed E-state index contributed by atoms with van der Waals surface area (Å²) in [6.45, 7) is 9.17. The fourth-order valence-electron chi connectivity index (χ4n) is 1.19. The lowest BCUT2D eigenvalue weighted by molar-refractivity contribution is -0.147. The number of Topliss-reactive ketones (excluding diaryl/α,β-unsaturated/α-hetero) is 1. The van der Waals surface area contributed by atoms with Crippen LogP contribution in [0, 0.1) is 0 Å². The van der Waals surface area contributed by atoms with Crippen molar-refractivity contribution < 1.29 is 29.4 Å². The van der Waals surface area contributed by atoms with Crippen molar-refractivity contribution in [1.29, 1.82) is 0 Å². The van der Waals surface area contributed by atoms with Crippen molar-refractivity contribution in [1.82, 2.24) is 10.6 Å². The molecule has 0 aromatic rings. The van der Waals surface area contributed by atoms with Crippen molar-refractivity contribution in [2.45, 2.75) is 59.6 Å². The number of carboxylic acid groups (broad SMARTS) is 1. The molecule has 2 atom stereocenters. The third kappa shape index (κ3) is 15.3. The van der Waals surface area contributed by atoms with Crippen LogP contribution in [0.2, 0.25) is 0 Å². The average molecular weight is 366 g/mol. The second kappa shape index (κ2) is 17.7. The van der Waals surface area contributed by atoms with Crippen LogP contribution in [-0.4, -0.2) is 58.2 Å². The fourth-order valence-corrected chi connectivity index (χ4v) is 1.44. The average Bonchev–Trinajstić information content (AvgIpc) is 2.58. The number of thiol groups is 1. The maximum atomic E-state index is 11.6. The summed E-state index contributed by atoms with van der Waals surface area (Å²) in [4.78, 5) is 44.2. The number of rotatable bonds is 9. The molecule has 0 aliphatic rings. The molecule has 0 fully saturated rings. The number of hydrogen-bond acceptors (Lipinski definition) is 6. The Kier molecular flexibility index (Phi) is 20.1. The van der Waals surface area contributed by atoms with E-state index in [1.165, 1.54) is 6.92 Å². The van der Waals surface area contributed by atoms with E-state index in [2.05, 4.69) is 23.3 Å². The van der Waals surface area contributed by atoms with Crippen LogP contribution >= 0.6 is 12.6 Å². The number of carbonyl (C=O) groups excluding carboxylic acids is 3. The van der Waals surface area contributed by atoms with Crippen molar-refractivity contribution in [3.05, 3.63) is 0 Å². The van der Waals surface area contributed by atoms with Gasteiger partial charge in [-0.1, -0.05) is 27.7 Å². The van der Waals surface area contributed by atoms with Gasteiger partial charge in [0.15, 0.2) is 6.10 Å². The zero-order valence-electron chi connectivity index (χ0n) is 15.0. The molecular weight excluding hydrogens is 336 g/mol. The van der Waals surface area contributed by atoms with Gasteiger partial charge in [-0.2, -0.15) is 12.6 Å². The minimum atomic E-state index is -1.62. The Bertz CT molecular complexity index is 390. The number of hydrogen-bond donors (Lipinski definition) is 5. The number of carbonyl (C=O) groups is 4. The van der Waals surface area contributed by atoms with Crippen molar-refractivity contribution in [3.63, 3.8) is 0 Å². The second-order valence-electron chi connectivity index (χ2n) is 4.12. The number of nitrogens with one attached hydrogen (secondary N) is 2. The lowest BCUT2D eigenvalue weighted by Gasteiger charge is -2.16. The highest BCUT2D eigenvalue weighted by Crippen LogP contribution is 1.98. The van der Waals surface area contributed by atoms with Crippen LogP contribution < -0.4 is 10.6 Å². The quantitative estimate of drug-likeness (QED) is 0.375. The van der Waals surface area contributed by atoms with Gasteiger partial charge in [-0.05, 0) is 13.3 Å². The topological polar surface area (TPSA) is 133 Å². The Hall–Kier alpha value is -1.61. The molecule has 0 saturated heterocycles. The number of aliphatic hydroxyl groups excluding tert-OH is 1. The van der Waals surface area contributed by atoms with E-state index in [9.17, 15) is 19.2 Å². The molecule has 0 heterocycles. The normalized spacial score (nSPS) is 11.5. The van der Waals surface area contributed by atoms with Gasteiger partial charge in [0.25, 0.3) is 0 Å². The summed E-state index contributed by atoms with van der Waals surface area (Å²) >= 11 is 3.91. The number of ketones is 1. The summed E-state index contributed by atoms with van der Waals surface area (Å²) in [5.74, 6) is -2.75. The number of aliphatic hydroxyl groups is 1. The molecule has 0 aliphatic carbocycles. The molecule has 0 aliphatic heterocycles. The van der Waals surface area contributed by atoms with Crippen molar-refractivity contribution in [2.24, 2.45) is 0 Å². The highest BCUT2D eigenvalue weighted by atomic mass is 32.1. The molecule has 0 radical (unpaired) electrons. The molecule has 9 heteroatoms. The smallest absolute Gasteiger partial charge is 0.332 e. The largest absolute Gasteiger partial charge is 0.479 e. The van der Waals surface area contributed by atoms with Crippen LogP contribution in [0.5, 0.6) is 0 Å². The Morgan fingerprint density at radius 3 is 1.96 bits per heavy atom. The first-order chi connectivity index (χ1) is 11.3. The van der Waals surface area contributed by atoms with E-state index in [0.717, 1.165) is 0 Å². The van der Waals surface area contributed by atoms with Gasteiger partial charge >= 0.3 is 5.97 Å². The maximum absolute atomic E-state index is 11.6. The minimum Gasteiger partial charge on any atom is -0.479 e. The van der Waals surface area contributed by atoms with Crippen LogP contribution in [0.25, 0.3) is 0 Å². The predicted molar refractivity (Wildman–Crippen MR) is 95.0 cm³/mol. The standard InChI is InChI=1S/C11H18N2O6S.2C2H6/c1-6(14)4-12-10(17)7(5-20)13-9(16)3-2-8(15)11(18)19;2*1-2/h7-8,15,20H,2-5H2,1H3,(H,12,17)(H,13,16)(H,18,19);2*1-2H3. The third-order valence-corrected chi connectivity index (χ3v) is 2.64. The second-order valence-corrected chi connectivity index (χ2v) is 4.48. The highest BCUT2D eigenvalue weighted by Gasteiger charge is 2.21. The summed E-state index contributed by atoms with van der Waals surface area (Å²) in [6, 6.07) is -0.924. The number of carboxylic acids is 1. The van der Waals surface area contributed by atoms with E-state index >= 15 is 0 Å². The summed E-state index contributed by atoms with van der Waals surface area (Å²) in [7, 11) is 0. The van der Waals surface area contributed by atoms with Crippen molar-refractivity contribution in [3.8, 4) is 0 Å². The van der Waals surface area contributed by atoms with Crippen LogP contribution in [0.3, 0.4) is 0 Å². The van der Waals surface area contributed by atoms with E-state index in [0.29, 0.717) is 0 Å². The Morgan fingerprint density at radius 2 is 1.58 bits per heavy atom. The van der Waals surface area contributed by atoms with Gasteiger partial charge in [-0.15, -0.1) is 0 Å². The van der Waals surface area contributed by atoms with Gasteiger partial charge in [-0.25, -0.2) is 4.79 Å². The summed E-state index contributed by atoms with van der Waals surface area (Å²) < 4.78 is 0. The SMILES string of the molecule is CC.CC.CC(=O)CNC(=O)C(CS)NC(=O)CCC(O)C(=O)O. The van der Waals surface area contributed by atoms with E-state index < -0.39 is 29.9 Å². The number of aliphatic carboxylic acids is 1. The Morgan fingerprint density at radius 1 is 1.08 bits per heavy atom. The summed E-state index contributed by atoms with van der Waals surface area (Å²) in [5.41, 5.74) is 0. The van der Waals surface area contributed by atoms with E-state index in [-0.39, 0.29) is 30.9 Å². The summed E-state index contributed by atoms with van der Waals surface area (Å²) in [6.07, 6.45) is -2.12. The third-order valence-electron chi connectivity index (χ3n) is 2.28. The summed E-state index contributed by atoms with van der Waals surface area (Å²) in [5, 5.41) is 22.1. The molecule has 2 amide bonds. The minimum absolute atomic E-state index is 0.0248. The van der Waals surface area contributed by atoms with Gasteiger partial charge in [0, 0.05) is 12.2 Å². The Labute approximate surface area is 148 Å². The van der Waals surface area contributed by atoms with E-state index in [1.807, 2.05) is 27.7 Å². The monoisotopic (exact) mass is 366 g/mol. The van der Waals surface area contributed by atoms with Gasteiger partial charge < -0.3 is 20.8 Å². The Balaban J connectivity index is -0.00000102. The molecule has 0 saturated carbocycles. The van der Waals surface area contributed by atoms with Crippen molar-refractivity contribution in [2.75, 3.05) is 12.3 Å². The molecule has 0 bridgehead atoms. The molecule has 0 aromatic heterocycles. The first-order valence-electron chi connectivity index (χ1n) is 7.86. The lowest BCUT2D eigenvalue weighted by Crippen LogP contribution is -2.49. The molecule has 0 aromatic carbocycles. The lowest BCUT2D eigenvalue weighted by atomic mass is 10.2. The fraction of sp³-hybridized carbons (Fsp3) is 0.733. The zero-order valence-corrected chi connectivity index (χ0v) is 15.9. The molecule has 0 spiro atoms. The predicted octanol–water partition coefficient (Wildman–Crippen LogP) is 0.384. The van der Waals surface area contributed by atoms with Crippen LogP contribution in [-0.2, 0) is 19.2 Å². The van der Waals surface area contributed by atoms with Crippen molar-refractivity contribution >= 4 is 36.2 Å². The first-order valence-corrected chi connectivity index (χ1v) is 8.49. The molecule has 142 valence electrons. The van der Waals surface area contributed by atoms with E-state index in [4.69, 9.17) is 10.2 Å². The molecule has 8 nitrogen and oxygen atoms in total. The first kappa shape index (κ1) is 27.2. The van der Waals surface area contributed by atoms with E-state index in [1.54, 1.807) is 0 Å². The molecule has 4 N–H and O–H groups in total. The molecule has 0 rings (SSSR count). The molecular formula is C15H30N2O6S. The molecule has 24 heavy (non-hydrogen) atoms. The number of amides is 2. The van der Waals surface area contributed by atoms with Gasteiger partial charge in [0.1, 0.15) is 11.8 Å². The van der Waals surface area contributed by atoms with Gasteiger partial charge in [-0.3, -0.25) is 14.4 Å². The maximum Gasteiger partial charge on any atom is 0.332 e. The van der Waals surface area contributed by atoms with Crippen LogP contribution in [0.15, 0.2) is 0 Å². The highest BCUT2D eigenvalue weighted by molar-refractivity contribution is 7.80. The van der Waals surface area contributed by atoms with Crippen LogP contribution in [0.4, 0.5) is 0 Å². The van der Waals surface area contributed by atoms with Gasteiger partial charge in [0.2, 0.25) is 11.8 Å². The van der Waals surface area contributed by atoms with Gasteiger partial charge in [0.05, 0.1) is 6.54 Å². The van der Waals surface area contributed by atoms with Crippen LogP contribution in [0.1, 0.15) is 47.5 Å². The molecule has 2 unspecified atom stereocenters. The zero-order chi connectivity index (χ0) is 19.7.